The number of aromatic hydroxyl groups is 1. The lowest BCUT2D eigenvalue weighted by molar-refractivity contribution is -0.134. The first-order valence-electron chi connectivity index (χ1n) is 12.1. The molecule has 4 nitrogen and oxygen atoms in total. The Labute approximate surface area is 190 Å². The van der Waals surface area contributed by atoms with E-state index in [0.717, 1.165) is 37.7 Å². The van der Waals surface area contributed by atoms with Gasteiger partial charge in [0, 0.05) is 17.8 Å². The van der Waals surface area contributed by atoms with Crippen LogP contribution in [0.4, 0.5) is 0 Å². The van der Waals surface area contributed by atoms with Crippen LogP contribution in [0.15, 0.2) is 48.5 Å². The zero-order chi connectivity index (χ0) is 22.5. The minimum Gasteiger partial charge on any atom is -0.508 e. The van der Waals surface area contributed by atoms with E-state index in [9.17, 15) is 14.7 Å². The highest BCUT2D eigenvalue weighted by atomic mass is 16.3. The summed E-state index contributed by atoms with van der Waals surface area (Å²) in [6, 6.07) is 15.7. The van der Waals surface area contributed by atoms with Crippen molar-refractivity contribution in [1.29, 1.82) is 0 Å². The third kappa shape index (κ3) is 3.54. The molecule has 0 heterocycles. The number of fused-ring (bicyclic) bond motifs is 5. The highest BCUT2D eigenvalue weighted by molar-refractivity contribution is 5.93. The molecule has 2 fully saturated rings. The van der Waals surface area contributed by atoms with E-state index in [4.69, 9.17) is 0 Å². The van der Waals surface area contributed by atoms with Gasteiger partial charge in [-0.05, 0) is 85.6 Å². The summed E-state index contributed by atoms with van der Waals surface area (Å²) < 4.78 is 0. The summed E-state index contributed by atoms with van der Waals surface area (Å²) in [5.74, 6) is 1.76. The molecule has 2 N–H and O–H groups in total. The van der Waals surface area contributed by atoms with Gasteiger partial charge in [0.1, 0.15) is 11.5 Å². The molecule has 6 atom stereocenters. The van der Waals surface area contributed by atoms with Gasteiger partial charge in [-0.25, -0.2) is 0 Å². The highest BCUT2D eigenvalue weighted by Crippen LogP contribution is 2.61. The maximum Gasteiger partial charge on any atom is 0.221 e. The predicted octanol–water partition coefficient (Wildman–Crippen LogP) is 5.31. The van der Waals surface area contributed by atoms with Crippen molar-refractivity contribution < 1.29 is 14.7 Å². The maximum atomic E-state index is 13.5. The SMILES string of the molecule is CC(NC(=O)CC1CC2C3CCc4cc(O)ccc4C3CC[C@]2(C)C1=O)c1ccccc1. The van der Waals surface area contributed by atoms with Crippen molar-refractivity contribution in [2.75, 3.05) is 0 Å². The molecule has 168 valence electrons. The molecule has 0 aliphatic heterocycles. The number of benzene rings is 2. The number of ketones is 1. The van der Waals surface area contributed by atoms with E-state index < -0.39 is 0 Å². The number of hydrogen-bond donors (Lipinski definition) is 2. The summed E-state index contributed by atoms with van der Waals surface area (Å²) in [6.07, 6.45) is 5.08. The van der Waals surface area contributed by atoms with Crippen LogP contribution in [0.2, 0.25) is 0 Å². The van der Waals surface area contributed by atoms with E-state index >= 15 is 0 Å². The summed E-state index contributed by atoms with van der Waals surface area (Å²) in [4.78, 5) is 26.3. The Kier molecular flexibility index (Phi) is 5.35. The van der Waals surface area contributed by atoms with Crippen LogP contribution in [0.3, 0.4) is 0 Å². The maximum absolute atomic E-state index is 13.5. The Balaban J connectivity index is 1.30. The molecule has 0 saturated heterocycles. The fourth-order valence-electron chi connectivity index (χ4n) is 7.03. The lowest BCUT2D eigenvalue weighted by Gasteiger charge is -2.48. The van der Waals surface area contributed by atoms with Crippen LogP contribution in [0.1, 0.15) is 74.6 Å². The number of phenolic OH excluding ortho intramolecular Hbond substituents is 1. The second-order valence-electron chi connectivity index (χ2n) is 10.5. The molecule has 0 aromatic heterocycles. The lowest BCUT2D eigenvalue weighted by atomic mass is 9.55. The molecule has 3 aliphatic rings. The second kappa shape index (κ2) is 8.06. The van der Waals surface area contributed by atoms with Gasteiger partial charge in [-0.1, -0.05) is 43.3 Å². The number of nitrogens with one attached hydrogen (secondary N) is 1. The normalized spacial score (nSPS) is 31.9. The average molecular weight is 432 g/mol. The summed E-state index contributed by atoms with van der Waals surface area (Å²) >= 11 is 0. The molecule has 32 heavy (non-hydrogen) atoms. The second-order valence-corrected chi connectivity index (χ2v) is 10.5. The van der Waals surface area contributed by atoms with Crippen LogP contribution < -0.4 is 5.32 Å². The zero-order valence-corrected chi connectivity index (χ0v) is 19.0. The van der Waals surface area contributed by atoms with E-state index in [-0.39, 0.29) is 23.3 Å². The van der Waals surface area contributed by atoms with Gasteiger partial charge in [-0.3, -0.25) is 9.59 Å². The van der Waals surface area contributed by atoms with Crippen molar-refractivity contribution in [3.05, 3.63) is 65.2 Å². The van der Waals surface area contributed by atoms with E-state index in [1.165, 1.54) is 11.1 Å². The number of aryl methyl sites for hydroxylation is 1. The van der Waals surface area contributed by atoms with Gasteiger partial charge < -0.3 is 10.4 Å². The quantitative estimate of drug-likeness (QED) is 0.689. The first-order chi connectivity index (χ1) is 15.4. The first-order valence-corrected chi connectivity index (χ1v) is 12.1. The number of rotatable bonds is 4. The van der Waals surface area contributed by atoms with Crippen molar-refractivity contribution in [3.8, 4) is 5.75 Å². The number of Topliss-reactive ketones (excluding diaryl/α,β-unsaturated/α-hetero) is 1. The van der Waals surface area contributed by atoms with E-state index in [1.54, 1.807) is 6.07 Å². The number of hydrogen-bond acceptors (Lipinski definition) is 3. The summed E-state index contributed by atoms with van der Waals surface area (Å²) in [5, 5.41) is 13.0. The van der Waals surface area contributed by atoms with E-state index in [1.807, 2.05) is 43.3 Å². The molecule has 0 radical (unpaired) electrons. The minimum atomic E-state index is -0.300. The monoisotopic (exact) mass is 431 g/mol. The molecule has 0 spiro atoms. The fraction of sp³-hybridized carbons (Fsp3) is 0.500. The smallest absolute Gasteiger partial charge is 0.221 e. The summed E-state index contributed by atoms with van der Waals surface area (Å²) in [7, 11) is 0. The van der Waals surface area contributed by atoms with Gasteiger partial charge in [-0.15, -0.1) is 0 Å². The number of phenols is 1. The molecule has 3 aliphatic carbocycles. The zero-order valence-electron chi connectivity index (χ0n) is 19.0. The van der Waals surface area contributed by atoms with Crippen LogP contribution in [-0.2, 0) is 16.0 Å². The van der Waals surface area contributed by atoms with Crippen molar-refractivity contribution in [2.45, 2.75) is 64.3 Å². The fourth-order valence-corrected chi connectivity index (χ4v) is 7.03. The molecule has 2 aromatic carbocycles. The molecule has 0 bridgehead atoms. The van der Waals surface area contributed by atoms with Crippen molar-refractivity contribution in [2.24, 2.45) is 23.2 Å². The number of amides is 1. The van der Waals surface area contributed by atoms with Crippen LogP contribution >= 0.6 is 0 Å². The highest BCUT2D eigenvalue weighted by Gasteiger charge is 2.58. The average Bonchev–Trinajstić information content (AvgIpc) is 3.04. The molecular formula is C28H33NO3. The topological polar surface area (TPSA) is 66.4 Å². The largest absolute Gasteiger partial charge is 0.508 e. The van der Waals surface area contributed by atoms with Gasteiger partial charge in [0.2, 0.25) is 5.91 Å². The number of carbonyl (C=O) groups excluding carboxylic acids is 2. The van der Waals surface area contributed by atoms with Gasteiger partial charge >= 0.3 is 0 Å². The van der Waals surface area contributed by atoms with Crippen LogP contribution in [0.5, 0.6) is 5.75 Å². The molecule has 2 aromatic rings. The minimum absolute atomic E-state index is 0.0250. The molecule has 5 rings (SSSR count). The standard InChI is InChI=1S/C28H33NO3/c1-17(18-6-4-3-5-7-18)29-26(31)16-20-15-25-24-10-8-19-14-21(30)9-11-22(19)23(24)12-13-28(25,2)27(20)32/h3-7,9,11,14,17,20,23-25,30H,8,10,12-13,15-16H2,1-2H3,(H,29,31)/t17?,20?,23?,24?,25?,28-/m0/s1. The van der Waals surface area contributed by atoms with Crippen molar-refractivity contribution in [1.82, 2.24) is 5.32 Å². The van der Waals surface area contributed by atoms with Gasteiger partial charge in [0.15, 0.2) is 0 Å². The van der Waals surface area contributed by atoms with Gasteiger partial charge in [0.05, 0.1) is 6.04 Å². The lowest BCUT2D eigenvalue weighted by Crippen LogP contribution is -2.42. The molecule has 5 unspecified atom stereocenters. The van der Waals surface area contributed by atoms with Crippen molar-refractivity contribution in [3.63, 3.8) is 0 Å². The van der Waals surface area contributed by atoms with Crippen LogP contribution in [0, 0.1) is 23.2 Å². The summed E-state index contributed by atoms with van der Waals surface area (Å²) in [6.45, 7) is 4.15. The predicted molar refractivity (Wildman–Crippen MR) is 124 cm³/mol. The Morgan fingerprint density at radius 2 is 1.97 bits per heavy atom. The van der Waals surface area contributed by atoms with Crippen LogP contribution in [0.25, 0.3) is 0 Å². The Morgan fingerprint density at radius 3 is 2.75 bits per heavy atom. The number of carbonyl (C=O) groups is 2. The van der Waals surface area contributed by atoms with Crippen LogP contribution in [-0.4, -0.2) is 16.8 Å². The summed E-state index contributed by atoms with van der Waals surface area (Å²) in [5.41, 5.74) is 3.41. The third-order valence-corrected chi connectivity index (χ3v) is 8.68. The Bertz CT molecular complexity index is 1030. The molecule has 1 amide bonds. The Hall–Kier alpha value is -2.62. The van der Waals surface area contributed by atoms with Gasteiger partial charge in [-0.2, -0.15) is 0 Å². The van der Waals surface area contributed by atoms with Crippen molar-refractivity contribution >= 4 is 11.7 Å². The van der Waals surface area contributed by atoms with E-state index in [0.29, 0.717) is 35.7 Å². The third-order valence-electron chi connectivity index (χ3n) is 8.68. The van der Waals surface area contributed by atoms with Gasteiger partial charge in [0.25, 0.3) is 0 Å². The Morgan fingerprint density at radius 1 is 1.19 bits per heavy atom. The molecular weight excluding hydrogens is 398 g/mol. The molecule has 4 heteroatoms. The first kappa shape index (κ1) is 21.2. The molecule has 2 saturated carbocycles. The van der Waals surface area contributed by atoms with E-state index in [2.05, 4.69) is 18.3 Å².